The normalized spacial score (nSPS) is 16.5. The molecule has 2 amide bonds. The maximum atomic E-state index is 15.7. The summed E-state index contributed by atoms with van der Waals surface area (Å²) < 4.78 is 219. The number of carbonyl (C=O) groups excluding carboxylic acids is 2. The number of phosphoric ester groups is 1. The Morgan fingerprint density at radius 3 is 2.14 bits per heavy atom. The molecule has 3 aromatic carbocycles. The first kappa shape index (κ1) is 63.9. The van der Waals surface area contributed by atoms with Crippen molar-refractivity contribution >= 4 is 68.0 Å². The van der Waals surface area contributed by atoms with E-state index in [-0.39, 0.29) is 49.3 Å². The van der Waals surface area contributed by atoms with Gasteiger partial charge < -0.3 is 14.9 Å². The Labute approximate surface area is 481 Å². The van der Waals surface area contributed by atoms with E-state index < -0.39 is 191 Å². The van der Waals surface area contributed by atoms with Gasteiger partial charge in [0.2, 0.25) is 21.8 Å². The van der Waals surface area contributed by atoms with Crippen LogP contribution in [-0.4, -0.2) is 91.2 Å². The van der Waals surface area contributed by atoms with Gasteiger partial charge in [0.1, 0.15) is 52.4 Å². The first-order chi connectivity index (χ1) is 38.9. The van der Waals surface area contributed by atoms with Crippen molar-refractivity contribution in [3.05, 3.63) is 128 Å². The average molecular weight is 1280 g/mol. The second kappa shape index (κ2) is 22.0. The fourth-order valence-corrected chi connectivity index (χ4v) is 12.3. The summed E-state index contributed by atoms with van der Waals surface area (Å²) in [6.45, 7) is 3.05. The molecule has 1 saturated carbocycles. The summed E-state index contributed by atoms with van der Waals surface area (Å²) in [5, 5.41) is 18.4. The van der Waals surface area contributed by atoms with Gasteiger partial charge in [-0.05, 0) is 99.0 Å². The van der Waals surface area contributed by atoms with Crippen molar-refractivity contribution in [3.63, 3.8) is 0 Å². The molecule has 2 aliphatic rings. The highest BCUT2D eigenvalue weighted by Crippen LogP contribution is 2.68. The molecule has 0 aliphatic heterocycles. The highest BCUT2D eigenvalue weighted by Gasteiger charge is 2.68. The number of aromatic carboxylic acids is 1. The third-order valence-electron chi connectivity index (χ3n) is 14.0. The number of hydrogen-bond donors (Lipinski definition) is 5. The second-order valence-electron chi connectivity index (χ2n) is 21.5. The molecular weight excluding hydrogens is 1240 g/mol. The first-order valence-electron chi connectivity index (χ1n) is 24.8. The average Bonchev–Trinajstić information content (AvgIpc) is 1.53. The second-order valence-corrected chi connectivity index (χ2v) is 27.4. The van der Waals surface area contributed by atoms with Crippen LogP contribution < -0.4 is 14.6 Å². The molecule has 1 fully saturated rings. The third kappa shape index (κ3) is 13.8. The van der Waals surface area contributed by atoms with Crippen LogP contribution in [0.1, 0.15) is 114 Å². The number of alkyl halides is 8. The number of benzene rings is 3. The van der Waals surface area contributed by atoms with Crippen LogP contribution in [0.3, 0.4) is 0 Å². The van der Waals surface area contributed by atoms with Gasteiger partial charge >= 0.3 is 26.1 Å². The van der Waals surface area contributed by atoms with E-state index in [0.717, 1.165) is 54.8 Å². The Bertz CT molecular complexity index is 4120. The monoisotopic (exact) mass is 1280 g/mol. The third-order valence-corrected chi connectivity index (χ3v) is 17.9. The van der Waals surface area contributed by atoms with E-state index in [1.54, 1.807) is 4.72 Å². The predicted octanol–water partition coefficient (Wildman–Crippen LogP) is 9.08. The molecule has 3 atom stereocenters. The number of aromatic nitrogens is 5. The summed E-state index contributed by atoms with van der Waals surface area (Å²) in [6.07, 6.45) is -11.4. The zero-order valence-electron chi connectivity index (χ0n) is 44.8. The lowest BCUT2D eigenvalue weighted by molar-refractivity contribution is -0.143. The minimum atomic E-state index is -5.39. The fraction of sp³-hybridized carbons (Fsp3) is 0.385. The van der Waals surface area contributed by atoms with Crippen LogP contribution in [0.15, 0.2) is 54.6 Å². The lowest BCUT2D eigenvalue weighted by atomic mass is 9.78. The van der Waals surface area contributed by atoms with Crippen LogP contribution >= 0.6 is 19.4 Å². The number of hydrogen-bond acceptors (Lipinski definition) is 12. The van der Waals surface area contributed by atoms with Crippen LogP contribution in [-0.2, 0) is 76.8 Å². The molecule has 3 aromatic heterocycles. The number of carbonyl (C=O) groups is 3. The molecule has 456 valence electrons. The highest BCUT2D eigenvalue weighted by molar-refractivity contribution is 7.92. The number of amides is 2. The van der Waals surface area contributed by atoms with Gasteiger partial charge in [0, 0.05) is 57.7 Å². The molecule has 85 heavy (non-hydrogen) atoms. The van der Waals surface area contributed by atoms with Crippen molar-refractivity contribution in [2.24, 2.45) is 5.92 Å². The van der Waals surface area contributed by atoms with Gasteiger partial charge in [-0.2, -0.15) is 45.3 Å². The molecule has 6 aromatic rings. The fourth-order valence-electron chi connectivity index (χ4n) is 10.3. The minimum Gasteiger partial charge on any atom is -0.478 e. The number of halogens is 11. The van der Waals surface area contributed by atoms with Crippen LogP contribution in [0.2, 0.25) is 5.02 Å². The highest BCUT2D eigenvalue weighted by atomic mass is 35.5. The van der Waals surface area contributed by atoms with Crippen molar-refractivity contribution in [2.45, 2.75) is 113 Å². The summed E-state index contributed by atoms with van der Waals surface area (Å²) >= 11 is 6.67. The largest absolute Gasteiger partial charge is 0.524 e. The van der Waals surface area contributed by atoms with E-state index in [4.69, 9.17) is 16.1 Å². The number of nitrogens with one attached hydrogen (secondary N) is 2. The molecule has 0 unspecified atom stereocenters. The lowest BCUT2D eigenvalue weighted by Crippen LogP contribution is -2.36. The number of sulfone groups is 1. The standard InChI is InChI=1S/C52H47ClF10N7O12PS2/c1-24-13-26(47(73)74)17-37(82-83(75,76)77)42(24)48(2,3)20-38(71)68-85(80,81)22-36-41-34(53)10-9-31(44(41)70(66-36)23-50(56,57)58)30-8-7-29(11-12-49(4,5)84(6,78)79)64-43(30)35(16-25-14-27(54)18-28(55)15-25)65-39(72)21-69-46-40(45(67-69)52(61,62)63)32-19-33(32)51(46,59)60/h7-10,13-15,17-18,32-33,35H,16,19-23H2,1-6H3,(H,65,72)(H,68,71)(H,73,74)(H2,75,76,77)/t32-,33+,35-/m0/s1. The number of fused-ring (bicyclic) bond motifs is 4. The van der Waals surface area contributed by atoms with Gasteiger partial charge in [0.15, 0.2) is 15.5 Å². The Balaban J connectivity index is 1.26. The van der Waals surface area contributed by atoms with Crippen molar-refractivity contribution in [2.75, 3.05) is 6.26 Å². The molecule has 0 spiro atoms. The zero-order valence-corrected chi connectivity index (χ0v) is 48.1. The summed E-state index contributed by atoms with van der Waals surface area (Å²) in [4.78, 5) is 63.5. The van der Waals surface area contributed by atoms with E-state index >= 15 is 8.78 Å². The molecule has 8 rings (SSSR count). The molecule has 5 N–H and O–H groups in total. The summed E-state index contributed by atoms with van der Waals surface area (Å²) in [6, 6.07) is 6.47. The van der Waals surface area contributed by atoms with E-state index in [0.29, 0.717) is 6.07 Å². The van der Waals surface area contributed by atoms with E-state index in [2.05, 4.69) is 32.3 Å². The van der Waals surface area contributed by atoms with Gasteiger partial charge in [0.25, 0.3) is 5.92 Å². The molecule has 0 radical (unpaired) electrons. The maximum absolute atomic E-state index is 15.7. The molecular formula is C52H47ClF10N7O12PS2. The van der Waals surface area contributed by atoms with Gasteiger partial charge in [-0.3, -0.25) is 33.5 Å². The Kier molecular flexibility index (Phi) is 16.5. The number of aryl methyl sites for hydroxylation is 1. The first-order valence-corrected chi connectivity index (χ1v) is 30.3. The Hall–Kier alpha value is -7.10. The van der Waals surface area contributed by atoms with Crippen molar-refractivity contribution in [1.82, 2.24) is 34.6 Å². The molecule has 33 heteroatoms. The number of nitrogens with zero attached hydrogens (tertiary/aromatic N) is 5. The molecule has 3 heterocycles. The van der Waals surface area contributed by atoms with Crippen LogP contribution in [0.5, 0.6) is 5.75 Å². The van der Waals surface area contributed by atoms with Gasteiger partial charge in [-0.25, -0.2) is 40.0 Å². The maximum Gasteiger partial charge on any atom is 0.524 e. The van der Waals surface area contributed by atoms with Gasteiger partial charge in [0.05, 0.1) is 33.5 Å². The minimum absolute atomic E-state index is 0.0352. The van der Waals surface area contributed by atoms with Crippen LogP contribution in [0, 0.1) is 36.3 Å². The number of rotatable bonds is 18. The number of phosphoric acid groups is 1. The number of carboxylic acid groups (broad SMARTS) is 1. The van der Waals surface area contributed by atoms with Gasteiger partial charge in [-0.15, -0.1) is 0 Å². The SMILES string of the molecule is Cc1cc(C(=O)O)cc(OP(=O)(O)O)c1C(C)(C)CC(=O)NS(=O)(=O)Cc1nn(CC(F)(F)F)c2c(-c3ccc(C#CC(C)(C)S(C)(=O)=O)nc3[C@H](Cc3cc(F)cc(F)c3)NC(=O)Cn3nc(C(F)(F)F)c4c3C(F)(F)[C@@H]3C[C@H]43)ccc(Cl)c12. The Morgan fingerprint density at radius 1 is 0.918 bits per heavy atom. The van der Waals surface area contributed by atoms with Crippen molar-refractivity contribution in [3.8, 4) is 28.7 Å². The van der Waals surface area contributed by atoms with Crippen molar-refractivity contribution in [1.29, 1.82) is 0 Å². The van der Waals surface area contributed by atoms with E-state index in [1.165, 1.54) is 34.6 Å². The number of sulfonamides is 1. The van der Waals surface area contributed by atoms with E-state index in [1.807, 2.05) is 0 Å². The Morgan fingerprint density at radius 2 is 1.55 bits per heavy atom. The smallest absolute Gasteiger partial charge is 0.478 e. The zero-order chi connectivity index (χ0) is 63.3. The summed E-state index contributed by atoms with van der Waals surface area (Å²) in [5.41, 5.74) is -9.01. The molecule has 0 saturated heterocycles. The topological polar surface area (TPSA) is 279 Å². The van der Waals surface area contributed by atoms with Crippen LogP contribution in [0.25, 0.3) is 22.0 Å². The van der Waals surface area contributed by atoms with Crippen LogP contribution in [0.4, 0.5) is 43.9 Å². The van der Waals surface area contributed by atoms with Crippen molar-refractivity contribution < 1.29 is 99.1 Å². The molecule has 2 aliphatic carbocycles. The predicted molar refractivity (Wildman–Crippen MR) is 282 cm³/mol. The number of pyridine rings is 1. The van der Waals surface area contributed by atoms with E-state index in [9.17, 15) is 85.8 Å². The molecule has 19 nitrogen and oxygen atoms in total. The van der Waals surface area contributed by atoms with Gasteiger partial charge in [-0.1, -0.05) is 37.4 Å². The molecule has 0 bridgehead atoms. The number of carboxylic acids is 1. The summed E-state index contributed by atoms with van der Waals surface area (Å²) in [7, 11) is -14.4. The lowest BCUT2D eigenvalue weighted by Gasteiger charge is -2.29. The summed E-state index contributed by atoms with van der Waals surface area (Å²) in [5.74, 6) is -10.2. The quantitative estimate of drug-likeness (QED) is 0.0305.